The minimum absolute atomic E-state index is 0.164. The number of rotatable bonds is 6. The van der Waals surface area contributed by atoms with Crippen LogP contribution in [0.5, 0.6) is 0 Å². The molecule has 1 fully saturated rings. The number of hydrogen-bond donors (Lipinski definition) is 1. The van der Waals surface area contributed by atoms with E-state index < -0.39 is 0 Å². The molecule has 1 aromatic rings. The van der Waals surface area contributed by atoms with Gasteiger partial charge < -0.3 is 5.32 Å². The minimum Gasteiger partial charge on any atom is -0.317 e. The van der Waals surface area contributed by atoms with Gasteiger partial charge in [-0.3, -0.25) is 15.0 Å². The van der Waals surface area contributed by atoms with Crippen LogP contribution in [0.2, 0.25) is 0 Å². The van der Waals surface area contributed by atoms with Crippen LogP contribution in [0.25, 0.3) is 0 Å². The topological polar surface area (TPSA) is 58.4 Å². The summed E-state index contributed by atoms with van der Waals surface area (Å²) in [5.74, 6) is 0. The highest BCUT2D eigenvalue weighted by Crippen LogP contribution is 2.18. The molecule has 110 valence electrons. The van der Waals surface area contributed by atoms with Crippen LogP contribution < -0.4 is 5.32 Å². The molecule has 0 unspecified atom stereocenters. The molecular formula is C15H23N3O2. The van der Waals surface area contributed by atoms with E-state index in [-0.39, 0.29) is 10.6 Å². The second-order valence-corrected chi connectivity index (χ2v) is 5.38. The molecule has 1 saturated heterocycles. The third-order valence-electron chi connectivity index (χ3n) is 3.87. The van der Waals surface area contributed by atoms with Gasteiger partial charge in [0.1, 0.15) is 0 Å². The Kier molecular flexibility index (Phi) is 5.49. The van der Waals surface area contributed by atoms with Crippen molar-refractivity contribution in [1.82, 2.24) is 10.2 Å². The summed E-state index contributed by atoms with van der Waals surface area (Å²) in [6.07, 6.45) is 3.51. The van der Waals surface area contributed by atoms with Gasteiger partial charge in [0.15, 0.2) is 0 Å². The van der Waals surface area contributed by atoms with Gasteiger partial charge in [0, 0.05) is 24.7 Å². The second-order valence-electron chi connectivity index (χ2n) is 5.38. The zero-order valence-corrected chi connectivity index (χ0v) is 12.0. The molecule has 1 aromatic carbocycles. The highest BCUT2D eigenvalue weighted by Gasteiger charge is 2.20. The highest BCUT2D eigenvalue weighted by molar-refractivity contribution is 5.32. The number of nitro benzene ring substituents is 1. The highest BCUT2D eigenvalue weighted by atomic mass is 16.6. The average molecular weight is 277 g/mol. The minimum atomic E-state index is -0.347. The number of nitrogens with zero attached hydrogens (tertiary/aromatic N) is 2. The Hall–Kier alpha value is -1.46. The van der Waals surface area contributed by atoms with Gasteiger partial charge in [-0.25, -0.2) is 0 Å². The molecule has 0 saturated carbocycles. The molecule has 0 aromatic heterocycles. The SMILES string of the molecule is CCCN(Cc1ccc([N+](=O)[O-])cc1)C1CCNCC1. The van der Waals surface area contributed by atoms with E-state index in [9.17, 15) is 10.1 Å². The van der Waals surface area contributed by atoms with Gasteiger partial charge in [0.2, 0.25) is 0 Å². The Morgan fingerprint density at radius 1 is 1.30 bits per heavy atom. The van der Waals surface area contributed by atoms with E-state index in [2.05, 4.69) is 17.1 Å². The fraction of sp³-hybridized carbons (Fsp3) is 0.600. The molecule has 1 aliphatic rings. The van der Waals surface area contributed by atoms with Crippen LogP contribution >= 0.6 is 0 Å². The van der Waals surface area contributed by atoms with Crippen LogP contribution in [0.3, 0.4) is 0 Å². The Morgan fingerprint density at radius 3 is 2.50 bits per heavy atom. The lowest BCUT2D eigenvalue weighted by atomic mass is 10.0. The van der Waals surface area contributed by atoms with Crippen LogP contribution in [0, 0.1) is 10.1 Å². The van der Waals surface area contributed by atoms with Crippen molar-refractivity contribution in [2.24, 2.45) is 0 Å². The van der Waals surface area contributed by atoms with Gasteiger partial charge in [-0.05, 0) is 44.5 Å². The molecule has 0 atom stereocenters. The fourth-order valence-electron chi connectivity index (χ4n) is 2.81. The molecule has 0 amide bonds. The second kappa shape index (κ2) is 7.36. The standard InChI is InChI=1S/C15H23N3O2/c1-2-11-17(14-7-9-16-10-8-14)12-13-3-5-15(6-4-13)18(19)20/h3-6,14,16H,2,7-12H2,1H3. The Bertz CT molecular complexity index is 427. The molecule has 0 aliphatic carbocycles. The predicted molar refractivity (Wildman–Crippen MR) is 79.7 cm³/mol. The van der Waals surface area contributed by atoms with Gasteiger partial charge in [0.05, 0.1) is 4.92 Å². The first-order valence-corrected chi connectivity index (χ1v) is 7.39. The first-order valence-electron chi connectivity index (χ1n) is 7.39. The van der Waals surface area contributed by atoms with Crippen molar-refractivity contribution < 1.29 is 4.92 Å². The van der Waals surface area contributed by atoms with Gasteiger partial charge in [0.25, 0.3) is 5.69 Å². The lowest BCUT2D eigenvalue weighted by molar-refractivity contribution is -0.384. The quantitative estimate of drug-likeness (QED) is 0.641. The largest absolute Gasteiger partial charge is 0.317 e. The molecule has 1 N–H and O–H groups in total. The average Bonchev–Trinajstić information content (AvgIpc) is 2.48. The number of benzene rings is 1. The molecule has 0 bridgehead atoms. The van der Waals surface area contributed by atoms with E-state index >= 15 is 0 Å². The molecule has 2 rings (SSSR count). The Labute approximate surface area is 120 Å². The maximum Gasteiger partial charge on any atom is 0.269 e. The van der Waals surface area contributed by atoms with Crippen LogP contribution in [-0.4, -0.2) is 35.5 Å². The zero-order valence-electron chi connectivity index (χ0n) is 12.0. The first kappa shape index (κ1) is 14.9. The summed E-state index contributed by atoms with van der Waals surface area (Å²) in [7, 11) is 0. The van der Waals surface area contributed by atoms with Gasteiger partial charge in [-0.2, -0.15) is 0 Å². The number of nitro groups is 1. The van der Waals surface area contributed by atoms with Crippen LogP contribution in [0.4, 0.5) is 5.69 Å². The lowest BCUT2D eigenvalue weighted by Gasteiger charge is -2.34. The van der Waals surface area contributed by atoms with Crippen molar-refractivity contribution in [3.63, 3.8) is 0 Å². The normalized spacial score (nSPS) is 16.5. The molecule has 20 heavy (non-hydrogen) atoms. The van der Waals surface area contributed by atoms with Crippen molar-refractivity contribution in [2.45, 2.75) is 38.8 Å². The van der Waals surface area contributed by atoms with Crippen LogP contribution in [0.1, 0.15) is 31.7 Å². The summed E-state index contributed by atoms with van der Waals surface area (Å²) < 4.78 is 0. The summed E-state index contributed by atoms with van der Waals surface area (Å²) in [6.45, 7) is 6.35. The van der Waals surface area contributed by atoms with Gasteiger partial charge in [-0.1, -0.05) is 19.1 Å². The molecule has 0 radical (unpaired) electrons. The zero-order chi connectivity index (χ0) is 14.4. The van der Waals surface area contributed by atoms with Crippen molar-refractivity contribution in [3.8, 4) is 0 Å². The van der Waals surface area contributed by atoms with E-state index in [1.54, 1.807) is 12.1 Å². The Morgan fingerprint density at radius 2 is 1.95 bits per heavy atom. The number of nitrogens with one attached hydrogen (secondary N) is 1. The van der Waals surface area contributed by atoms with Crippen molar-refractivity contribution >= 4 is 5.69 Å². The molecule has 5 nitrogen and oxygen atoms in total. The molecular weight excluding hydrogens is 254 g/mol. The monoisotopic (exact) mass is 277 g/mol. The molecule has 1 aliphatic heterocycles. The first-order chi connectivity index (χ1) is 9.70. The van der Waals surface area contributed by atoms with E-state index in [0.29, 0.717) is 6.04 Å². The summed E-state index contributed by atoms with van der Waals surface area (Å²) >= 11 is 0. The van der Waals surface area contributed by atoms with Gasteiger partial charge >= 0.3 is 0 Å². The molecule has 0 spiro atoms. The van der Waals surface area contributed by atoms with Crippen molar-refractivity contribution in [2.75, 3.05) is 19.6 Å². The Balaban J connectivity index is 2.01. The number of non-ortho nitro benzene ring substituents is 1. The lowest BCUT2D eigenvalue weighted by Crippen LogP contribution is -2.43. The van der Waals surface area contributed by atoms with Crippen LogP contribution in [-0.2, 0) is 6.54 Å². The summed E-state index contributed by atoms with van der Waals surface area (Å²) in [4.78, 5) is 12.8. The van der Waals surface area contributed by atoms with E-state index in [4.69, 9.17) is 0 Å². The predicted octanol–water partition coefficient (Wildman–Crippen LogP) is 2.56. The van der Waals surface area contributed by atoms with Crippen molar-refractivity contribution in [1.29, 1.82) is 0 Å². The summed E-state index contributed by atoms with van der Waals surface area (Å²) in [5.41, 5.74) is 1.32. The maximum absolute atomic E-state index is 10.7. The van der Waals surface area contributed by atoms with E-state index in [1.807, 2.05) is 12.1 Å². The third-order valence-corrected chi connectivity index (χ3v) is 3.87. The van der Waals surface area contributed by atoms with Crippen LogP contribution in [0.15, 0.2) is 24.3 Å². The fourth-order valence-corrected chi connectivity index (χ4v) is 2.81. The summed E-state index contributed by atoms with van der Waals surface area (Å²) in [6, 6.07) is 7.58. The maximum atomic E-state index is 10.7. The third kappa shape index (κ3) is 4.02. The molecule has 5 heteroatoms. The molecule has 1 heterocycles. The number of piperidine rings is 1. The number of hydrogen-bond acceptors (Lipinski definition) is 4. The van der Waals surface area contributed by atoms with Gasteiger partial charge in [-0.15, -0.1) is 0 Å². The van der Waals surface area contributed by atoms with Crippen molar-refractivity contribution in [3.05, 3.63) is 39.9 Å². The summed E-state index contributed by atoms with van der Waals surface area (Å²) in [5, 5.41) is 14.1. The smallest absolute Gasteiger partial charge is 0.269 e. The van der Waals surface area contributed by atoms with E-state index in [1.165, 1.54) is 12.8 Å². The van der Waals surface area contributed by atoms with E-state index in [0.717, 1.165) is 38.2 Å².